The summed E-state index contributed by atoms with van der Waals surface area (Å²) < 4.78 is 5.73. The van der Waals surface area contributed by atoms with Crippen LogP contribution in [0.2, 0.25) is 15.1 Å². The first kappa shape index (κ1) is 23.6. The summed E-state index contributed by atoms with van der Waals surface area (Å²) in [5, 5.41) is 12.5. The topological polar surface area (TPSA) is 95.9 Å². The number of rotatable bonds is 5. The van der Waals surface area contributed by atoms with Crippen LogP contribution < -0.4 is 15.0 Å². The van der Waals surface area contributed by atoms with Crippen LogP contribution >= 0.6 is 34.8 Å². The number of phenols is 1. The minimum Gasteiger partial charge on any atom is -0.508 e. The largest absolute Gasteiger partial charge is 0.508 e. The summed E-state index contributed by atoms with van der Waals surface area (Å²) in [4.78, 5) is 38.4. The van der Waals surface area contributed by atoms with Crippen LogP contribution in [0.15, 0.2) is 66.2 Å². The van der Waals surface area contributed by atoms with Gasteiger partial charge in [0.05, 0.1) is 15.7 Å². The van der Waals surface area contributed by atoms with E-state index < -0.39 is 17.8 Å². The Bertz CT molecular complexity index is 1300. The molecule has 1 saturated heterocycles. The highest BCUT2D eigenvalue weighted by Gasteiger charge is 2.36. The Morgan fingerprint density at radius 1 is 0.912 bits per heavy atom. The number of barbiturate groups is 1. The van der Waals surface area contributed by atoms with Crippen LogP contribution in [-0.2, 0) is 16.2 Å². The molecule has 0 spiro atoms. The lowest BCUT2D eigenvalue weighted by Crippen LogP contribution is -2.54. The first-order valence-corrected chi connectivity index (χ1v) is 10.9. The number of aromatic hydroxyl groups is 1. The van der Waals surface area contributed by atoms with E-state index in [1.54, 1.807) is 24.3 Å². The normalized spacial score (nSPS) is 15.0. The number of nitrogens with zero attached hydrogens (tertiary/aromatic N) is 1. The molecule has 0 aromatic heterocycles. The van der Waals surface area contributed by atoms with E-state index in [2.05, 4.69) is 5.32 Å². The van der Waals surface area contributed by atoms with Gasteiger partial charge in [0.25, 0.3) is 11.8 Å². The van der Waals surface area contributed by atoms with E-state index in [4.69, 9.17) is 39.5 Å². The second-order valence-corrected chi connectivity index (χ2v) is 8.45. The van der Waals surface area contributed by atoms with Gasteiger partial charge in [0.1, 0.15) is 17.9 Å². The fraction of sp³-hybridized carbons (Fsp3) is 0.0417. The molecular formula is C24H15Cl3N2O5. The van der Waals surface area contributed by atoms with E-state index in [1.165, 1.54) is 42.5 Å². The second-order valence-electron chi connectivity index (χ2n) is 7.20. The molecule has 7 nitrogen and oxygen atoms in total. The third kappa shape index (κ3) is 5.02. The van der Waals surface area contributed by atoms with Gasteiger partial charge in [0, 0.05) is 5.02 Å². The van der Waals surface area contributed by atoms with E-state index in [0.717, 1.165) is 10.5 Å². The maximum absolute atomic E-state index is 13.0. The SMILES string of the molecule is O=C1NC(=O)N(c2ccc(O)cc2)C(=O)/C1=C/c1cc(Cl)c(OCc2ccc(Cl)cc2)c(Cl)c1. The minimum atomic E-state index is -0.903. The summed E-state index contributed by atoms with van der Waals surface area (Å²) >= 11 is 18.6. The number of ether oxygens (including phenoxy) is 1. The predicted octanol–water partition coefficient (Wildman–Crippen LogP) is 5.60. The number of anilines is 1. The highest BCUT2D eigenvalue weighted by atomic mass is 35.5. The molecule has 1 heterocycles. The lowest BCUT2D eigenvalue weighted by molar-refractivity contribution is -0.122. The maximum atomic E-state index is 13.0. The molecule has 10 heteroatoms. The molecule has 0 unspecified atom stereocenters. The van der Waals surface area contributed by atoms with Crippen molar-refractivity contribution in [3.05, 3.63) is 92.4 Å². The molecule has 4 amide bonds. The zero-order chi connectivity index (χ0) is 24.4. The van der Waals surface area contributed by atoms with Crippen LogP contribution in [0.5, 0.6) is 11.5 Å². The molecule has 34 heavy (non-hydrogen) atoms. The molecule has 0 aliphatic carbocycles. The molecule has 2 N–H and O–H groups in total. The maximum Gasteiger partial charge on any atom is 0.335 e. The van der Waals surface area contributed by atoms with E-state index >= 15 is 0 Å². The van der Waals surface area contributed by atoms with Crippen molar-refractivity contribution in [3.63, 3.8) is 0 Å². The number of amides is 4. The molecule has 1 fully saturated rings. The van der Waals surface area contributed by atoms with Gasteiger partial charge in [-0.25, -0.2) is 9.69 Å². The van der Waals surface area contributed by atoms with Gasteiger partial charge in [-0.2, -0.15) is 0 Å². The van der Waals surface area contributed by atoms with Crippen molar-refractivity contribution in [1.29, 1.82) is 0 Å². The number of carbonyl (C=O) groups is 3. The smallest absolute Gasteiger partial charge is 0.335 e. The van der Waals surface area contributed by atoms with Gasteiger partial charge in [-0.3, -0.25) is 14.9 Å². The van der Waals surface area contributed by atoms with E-state index in [1.807, 2.05) is 0 Å². The minimum absolute atomic E-state index is 0.0388. The zero-order valence-corrected chi connectivity index (χ0v) is 19.5. The third-order valence-electron chi connectivity index (χ3n) is 4.84. The van der Waals surface area contributed by atoms with Gasteiger partial charge in [-0.05, 0) is 65.7 Å². The van der Waals surface area contributed by atoms with Crippen molar-refractivity contribution in [2.45, 2.75) is 6.61 Å². The molecule has 0 bridgehead atoms. The number of halogens is 3. The van der Waals surface area contributed by atoms with Crippen LogP contribution in [-0.4, -0.2) is 23.0 Å². The number of imide groups is 2. The van der Waals surface area contributed by atoms with Crippen molar-refractivity contribution in [3.8, 4) is 11.5 Å². The van der Waals surface area contributed by atoms with Gasteiger partial charge in [-0.1, -0.05) is 46.9 Å². The van der Waals surface area contributed by atoms with Crippen LogP contribution in [0.25, 0.3) is 6.08 Å². The van der Waals surface area contributed by atoms with Crippen molar-refractivity contribution in [2.75, 3.05) is 4.90 Å². The molecule has 0 saturated carbocycles. The fourth-order valence-electron chi connectivity index (χ4n) is 3.20. The molecule has 1 aliphatic rings. The number of carbonyl (C=O) groups excluding carboxylic acids is 3. The summed E-state index contributed by atoms with van der Waals surface area (Å²) in [6.07, 6.45) is 1.28. The fourth-order valence-corrected chi connectivity index (χ4v) is 3.94. The monoisotopic (exact) mass is 516 g/mol. The number of benzene rings is 3. The molecule has 172 valence electrons. The lowest BCUT2D eigenvalue weighted by Gasteiger charge is -2.26. The van der Waals surface area contributed by atoms with Crippen LogP contribution in [0.1, 0.15) is 11.1 Å². The van der Waals surface area contributed by atoms with Crippen LogP contribution in [0.3, 0.4) is 0 Å². The molecule has 0 atom stereocenters. The quantitative estimate of drug-likeness (QED) is 0.339. The Morgan fingerprint density at radius 3 is 2.15 bits per heavy atom. The summed E-state index contributed by atoms with van der Waals surface area (Å²) in [6, 6.07) is 14.5. The average molecular weight is 518 g/mol. The molecule has 3 aromatic rings. The van der Waals surface area contributed by atoms with Crippen molar-refractivity contribution < 1.29 is 24.2 Å². The van der Waals surface area contributed by atoms with Crippen molar-refractivity contribution in [2.24, 2.45) is 0 Å². The standard InChI is InChI=1S/C24H15Cl3N2O5/c25-15-3-1-13(2-4-15)12-34-21-19(26)10-14(11-20(21)27)9-18-22(31)28-24(33)29(23(18)32)16-5-7-17(30)8-6-16/h1-11,30H,12H2,(H,28,31,33)/b18-9+. The second kappa shape index (κ2) is 9.77. The van der Waals surface area contributed by atoms with Crippen molar-refractivity contribution in [1.82, 2.24) is 5.32 Å². The Hall–Kier alpha value is -3.52. The number of urea groups is 1. The van der Waals surface area contributed by atoms with Gasteiger partial charge in [0.15, 0.2) is 5.75 Å². The summed E-state index contributed by atoms with van der Waals surface area (Å²) in [6.45, 7) is 0.196. The van der Waals surface area contributed by atoms with Gasteiger partial charge < -0.3 is 9.84 Å². The van der Waals surface area contributed by atoms with Crippen LogP contribution in [0.4, 0.5) is 10.5 Å². The highest BCUT2D eigenvalue weighted by molar-refractivity contribution is 6.40. The van der Waals surface area contributed by atoms with E-state index in [0.29, 0.717) is 10.6 Å². The molecule has 1 aliphatic heterocycles. The molecular weight excluding hydrogens is 503 g/mol. The van der Waals surface area contributed by atoms with Gasteiger partial charge in [0.2, 0.25) is 0 Å². The van der Waals surface area contributed by atoms with E-state index in [9.17, 15) is 19.5 Å². The highest BCUT2D eigenvalue weighted by Crippen LogP contribution is 2.36. The first-order valence-electron chi connectivity index (χ1n) is 9.79. The predicted molar refractivity (Wildman–Crippen MR) is 129 cm³/mol. The third-order valence-corrected chi connectivity index (χ3v) is 5.65. The summed E-state index contributed by atoms with van der Waals surface area (Å²) in [5.41, 5.74) is 1.09. The zero-order valence-electron chi connectivity index (χ0n) is 17.2. The Morgan fingerprint density at radius 2 is 1.53 bits per heavy atom. The Balaban J connectivity index is 1.60. The van der Waals surface area contributed by atoms with Gasteiger partial charge >= 0.3 is 6.03 Å². The van der Waals surface area contributed by atoms with Crippen molar-refractivity contribution >= 4 is 64.4 Å². The van der Waals surface area contributed by atoms with Gasteiger partial charge in [-0.15, -0.1) is 0 Å². The van der Waals surface area contributed by atoms with Crippen LogP contribution in [0, 0.1) is 0 Å². The summed E-state index contributed by atoms with van der Waals surface area (Å²) in [5.74, 6) is -1.50. The number of phenolic OH excluding ortho intramolecular Hbond substituents is 1. The molecule has 3 aromatic carbocycles. The number of nitrogens with one attached hydrogen (secondary N) is 1. The Kier molecular flexibility index (Phi) is 6.79. The van der Waals surface area contributed by atoms with E-state index in [-0.39, 0.29) is 39.4 Å². The Labute approximate surface area is 209 Å². The molecule has 4 rings (SSSR count). The first-order chi connectivity index (χ1) is 16.2. The average Bonchev–Trinajstić information content (AvgIpc) is 2.78. The summed E-state index contributed by atoms with van der Waals surface area (Å²) in [7, 11) is 0. The lowest BCUT2D eigenvalue weighted by atomic mass is 10.1. The number of hydrogen-bond acceptors (Lipinski definition) is 5. The molecule has 0 radical (unpaired) electrons. The number of hydrogen-bond donors (Lipinski definition) is 2.